The fraction of sp³-hybridized carbons (Fsp3) is 0.316. The molecule has 2 atom stereocenters. The number of fused-ring (bicyclic) bond motifs is 1. The molecule has 0 radical (unpaired) electrons. The van der Waals surface area contributed by atoms with Crippen LogP contribution in [-0.4, -0.2) is 24.5 Å². The summed E-state index contributed by atoms with van der Waals surface area (Å²) >= 11 is 12.2. The smallest absolute Gasteiger partial charge is 0.229 e. The second-order valence-corrected chi connectivity index (χ2v) is 6.95. The SMILES string of the molecule is CC(c1ccc(Cl)cc1Cl)N(C)C(=O)C1COc2ccccc2C1. The highest BCUT2D eigenvalue weighted by Crippen LogP contribution is 2.32. The molecular formula is C19H19Cl2NO2. The number of para-hydroxylation sites is 1. The summed E-state index contributed by atoms with van der Waals surface area (Å²) in [6.45, 7) is 2.37. The third-order valence-corrected chi connectivity index (χ3v) is 5.13. The van der Waals surface area contributed by atoms with Gasteiger partial charge in [0.25, 0.3) is 0 Å². The molecule has 1 amide bonds. The second-order valence-electron chi connectivity index (χ2n) is 6.11. The first-order valence-electron chi connectivity index (χ1n) is 7.89. The van der Waals surface area contributed by atoms with Crippen LogP contribution in [0.3, 0.4) is 0 Å². The van der Waals surface area contributed by atoms with E-state index in [1.165, 1.54) is 0 Å². The Kier molecular flexibility index (Phi) is 5.02. The summed E-state index contributed by atoms with van der Waals surface area (Å²) in [6, 6.07) is 13.1. The summed E-state index contributed by atoms with van der Waals surface area (Å²) in [6.07, 6.45) is 0.695. The van der Waals surface area contributed by atoms with Crippen LogP contribution in [0.25, 0.3) is 0 Å². The average molecular weight is 364 g/mol. The molecule has 0 saturated carbocycles. The molecule has 0 aromatic heterocycles. The molecule has 0 spiro atoms. The van der Waals surface area contributed by atoms with Gasteiger partial charge in [-0.25, -0.2) is 0 Å². The zero-order chi connectivity index (χ0) is 17.3. The molecule has 1 heterocycles. The van der Waals surface area contributed by atoms with Crippen LogP contribution in [0.1, 0.15) is 24.1 Å². The van der Waals surface area contributed by atoms with Crippen LogP contribution in [0.15, 0.2) is 42.5 Å². The maximum atomic E-state index is 12.9. The van der Waals surface area contributed by atoms with Crippen molar-refractivity contribution in [1.82, 2.24) is 4.90 Å². The van der Waals surface area contributed by atoms with Crippen molar-refractivity contribution >= 4 is 29.1 Å². The summed E-state index contributed by atoms with van der Waals surface area (Å²) in [5.41, 5.74) is 1.96. The standard InChI is InChI=1S/C19H19Cl2NO2/c1-12(16-8-7-15(20)10-17(16)21)22(2)19(23)14-9-13-5-3-4-6-18(13)24-11-14/h3-8,10,12,14H,9,11H2,1-2H3. The van der Waals surface area contributed by atoms with Gasteiger partial charge in [0.1, 0.15) is 12.4 Å². The molecule has 3 nitrogen and oxygen atoms in total. The molecule has 0 fully saturated rings. The molecule has 0 saturated heterocycles. The lowest BCUT2D eigenvalue weighted by molar-refractivity contribution is -0.137. The van der Waals surface area contributed by atoms with Gasteiger partial charge >= 0.3 is 0 Å². The molecule has 3 rings (SSSR count). The van der Waals surface area contributed by atoms with Gasteiger partial charge in [-0.05, 0) is 42.7 Å². The number of carbonyl (C=O) groups is 1. The Labute approximate surface area is 152 Å². The van der Waals surface area contributed by atoms with Gasteiger partial charge in [0.2, 0.25) is 5.91 Å². The number of hydrogen-bond donors (Lipinski definition) is 0. The molecule has 0 bridgehead atoms. The van der Waals surface area contributed by atoms with Gasteiger partial charge in [-0.2, -0.15) is 0 Å². The van der Waals surface area contributed by atoms with E-state index in [4.69, 9.17) is 27.9 Å². The van der Waals surface area contributed by atoms with Crippen molar-refractivity contribution < 1.29 is 9.53 Å². The lowest BCUT2D eigenvalue weighted by atomic mass is 9.94. The molecule has 126 valence electrons. The van der Waals surface area contributed by atoms with Crippen molar-refractivity contribution in [2.45, 2.75) is 19.4 Å². The predicted molar refractivity (Wildman–Crippen MR) is 96.8 cm³/mol. The van der Waals surface area contributed by atoms with Crippen LogP contribution in [0.4, 0.5) is 0 Å². The Morgan fingerprint density at radius 2 is 2.00 bits per heavy atom. The van der Waals surface area contributed by atoms with E-state index >= 15 is 0 Å². The zero-order valence-electron chi connectivity index (χ0n) is 13.6. The van der Waals surface area contributed by atoms with E-state index < -0.39 is 0 Å². The largest absolute Gasteiger partial charge is 0.492 e. The molecule has 1 aliphatic rings. The van der Waals surface area contributed by atoms with Gasteiger partial charge in [-0.3, -0.25) is 4.79 Å². The van der Waals surface area contributed by atoms with Crippen LogP contribution in [0.2, 0.25) is 10.0 Å². The summed E-state index contributed by atoms with van der Waals surface area (Å²) in [7, 11) is 1.80. The van der Waals surface area contributed by atoms with Crippen LogP contribution in [-0.2, 0) is 11.2 Å². The minimum Gasteiger partial charge on any atom is -0.492 e. The number of rotatable bonds is 3. The van der Waals surface area contributed by atoms with Crippen molar-refractivity contribution in [3.63, 3.8) is 0 Å². The first-order chi connectivity index (χ1) is 11.5. The van der Waals surface area contributed by atoms with Gasteiger partial charge in [0, 0.05) is 17.1 Å². The number of halogens is 2. The number of nitrogens with zero attached hydrogens (tertiary/aromatic N) is 1. The van der Waals surface area contributed by atoms with Gasteiger partial charge < -0.3 is 9.64 Å². The zero-order valence-corrected chi connectivity index (χ0v) is 15.1. The van der Waals surface area contributed by atoms with Crippen LogP contribution in [0.5, 0.6) is 5.75 Å². The van der Waals surface area contributed by atoms with E-state index in [1.807, 2.05) is 37.3 Å². The van der Waals surface area contributed by atoms with E-state index in [0.29, 0.717) is 23.1 Å². The maximum absolute atomic E-state index is 12.9. The Hall–Kier alpha value is -1.71. The lowest BCUT2D eigenvalue weighted by Crippen LogP contribution is -2.40. The number of benzene rings is 2. The summed E-state index contributed by atoms with van der Waals surface area (Å²) < 4.78 is 5.74. The van der Waals surface area contributed by atoms with Gasteiger partial charge in [-0.15, -0.1) is 0 Å². The van der Waals surface area contributed by atoms with Crippen molar-refractivity contribution in [2.24, 2.45) is 5.92 Å². The Balaban J connectivity index is 1.75. The van der Waals surface area contributed by atoms with Gasteiger partial charge in [-0.1, -0.05) is 47.5 Å². The molecule has 0 N–H and O–H groups in total. The lowest BCUT2D eigenvalue weighted by Gasteiger charge is -2.32. The van der Waals surface area contributed by atoms with Crippen LogP contribution >= 0.6 is 23.2 Å². The van der Waals surface area contributed by atoms with E-state index in [9.17, 15) is 4.79 Å². The van der Waals surface area contributed by atoms with Crippen LogP contribution in [0, 0.1) is 5.92 Å². The molecule has 2 aromatic rings. The first-order valence-corrected chi connectivity index (χ1v) is 8.65. The maximum Gasteiger partial charge on any atom is 0.229 e. The highest BCUT2D eigenvalue weighted by atomic mass is 35.5. The van der Waals surface area contributed by atoms with E-state index in [0.717, 1.165) is 16.9 Å². The minimum absolute atomic E-state index is 0.0584. The van der Waals surface area contributed by atoms with E-state index in [2.05, 4.69) is 0 Å². The molecule has 24 heavy (non-hydrogen) atoms. The second kappa shape index (κ2) is 7.04. The number of amides is 1. The van der Waals surface area contributed by atoms with Crippen LogP contribution < -0.4 is 4.74 Å². The summed E-state index contributed by atoms with van der Waals surface area (Å²) in [5, 5.41) is 1.15. The fourth-order valence-electron chi connectivity index (χ4n) is 3.01. The molecular weight excluding hydrogens is 345 g/mol. The third kappa shape index (κ3) is 3.38. The number of carbonyl (C=O) groups excluding carboxylic acids is 1. The Morgan fingerprint density at radius 3 is 2.75 bits per heavy atom. The van der Waals surface area contributed by atoms with Crippen molar-refractivity contribution in [2.75, 3.05) is 13.7 Å². The minimum atomic E-state index is -0.182. The van der Waals surface area contributed by atoms with Crippen molar-refractivity contribution in [3.8, 4) is 5.75 Å². The molecule has 0 aliphatic carbocycles. The number of hydrogen-bond acceptors (Lipinski definition) is 2. The predicted octanol–water partition coefficient (Wildman–Crippen LogP) is 4.76. The molecule has 5 heteroatoms. The van der Waals surface area contributed by atoms with Gasteiger partial charge in [0.15, 0.2) is 0 Å². The summed E-state index contributed by atoms with van der Waals surface area (Å²) in [4.78, 5) is 14.6. The molecule has 2 unspecified atom stereocenters. The first kappa shape index (κ1) is 17.1. The monoisotopic (exact) mass is 363 g/mol. The highest BCUT2D eigenvalue weighted by Gasteiger charge is 2.30. The quantitative estimate of drug-likeness (QED) is 0.786. The highest BCUT2D eigenvalue weighted by molar-refractivity contribution is 6.35. The van der Waals surface area contributed by atoms with Gasteiger partial charge in [0.05, 0.1) is 12.0 Å². The number of ether oxygens (including phenoxy) is 1. The fourth-order valence-corrected chi connectivity index (χ4v) is 3.58. The van der Waals surface area contributed by atoms with E-state index in [1.54, 1.807) is 24.1 Å². The summed E-state index contributed by atoms with van der Waals surface area (Å²) in [5.74, 6) is 0.749. The topological polar surface area (TPSA) is 29.5 Å². The molecule has 1 aliphatic heterocycles. The van der Waals surface area contributed by atoms with E-state index in [-0.39, 0.29) is 17.9 Å². The van der Waals surface area contributed by atoms with Crippen molar-refractivity contribution in [1.29, 1.82) is 0 Å². The molecule has 2 aromatic carbocycles. The Morgan fingerprint density at radius 1 is 1.25 bits per heavy atom. The van der Waals surface area contributed by atoms with Crippen molar-refractivity contribution in [3.05, 3.63) is 63.6 Å². The Bertz CT molecular complexity index is 763. The average Bonchev–Trinajstić information content (AvgIpc) is 2.59. The third-order valence-electron chi connectivity index (χ3n) is 4.57. The normalized spacial score (nSPS) is 17.6.